The number of benzene rings is 1. The van der Waals surface area contributed by atoms with Crippen molar-refractivity contribution < 1.29 is 4.79 Å². The van der Waals surface area contributed by atoms with E-state index in [1.807, 2.05) is 68.1 Å². The molecule has 1 aliphatic rings. The summed E-state index contributed by atoms with van der Waals surface area (Å²) in [7, 11) is 1.95. The minimum atomic E-state index is -0.410. The molecule has 1 aromatic carbocycles. The van der Waals surface area contributed by atoms with Crippen molar-refractivity contribution in [1.29, 1.82) is 0 Å². The first-order chi connectivity index (χ1) is 18.6. The summed E-state index contributed by atoms with van der Waals surface area (Å²) < 4.78 is 3.59. The molecule has 9 heteroatoms. The summed E-state index contributed by atoms with van der Waals surface area (Å²) in [4.78, 5) is 39.7. The van der Waals surface area contributed by atoms with Gasteiger partial charge < -0.3 is 14.4 Å². The van der Waals surface area contributed by atoms with E-state index in [0.717, 1.165) is 22.5 Å². The van der Waals surface area contributed by atoms with Crippen LogP contribution < -0.4 is 10.6 Å². The molecule has 4 heterocycles. The van der Waals surface area contributed by atoms with Crippen molar-refractivity contribution in [2.45, 2.75) is 39.7 Å². The van der Waals surface area contributed by atoms with E-state index < -0.39 is 5.69 Å². The first kappa shape index (κ1) is 26.7. The Bertz CT molecular complexity index is 1630. The van der Waals surface area contributed by atoms with E-state index >= 15 is 0 Å². The number of piperazine rings is 1. The molecule has 1 saturated heterocycles. The van der Waals surface area contributed by atoms with E-state index in [4.69, 9.17) is 16.6 Å². The van der Waals surface area contributed by atoms with E-state index in [9.17, 15) is 9.59 Å². The highest BCUT2D eigenvalue weighted by atomic mass is 35.5. The lowest BCUT2D eigenvalue weighted by atomic mass is 10.0. The van der Waals surface area contributed by atoms with Crippen molar-refractivity contribution in [1.82, 2.24) is 24.0 Å². The number of para-hydroxylation sites is 1. The van der Waals surface area contributed by atoms with Crippen LogP contribution in [0.15, 0.2) is 60.0 Å². The van der Waals surface area contributed by atoms with Gasteiger partial charge in [-0.3, -0.25) is 4.79 Å². The van der Waals surface area contributed by atoms with Crippen molar-refractivity contribution in [3.63, 3.8) is 0 Å². The largest absolute Gasteiger partial charge is 0.355 e. The molecule has 4 aromatic rings. The standard InChI is InChI=1S/C30H33ClN6O2/c1-7-25(38)35-14-15-36(20(5)17-35)28-22-16-23(31)26(27-19(4)12-13-34(27)6)32-29(22)37(30(39)33-28)24-11-9-8-10-21(24)18(2)3/h7-13,16,18,20H,1,14-15,17H2,2-6H3/t20-/m0/s1. The van der Waals surface area contributed by atoms with Crippen LogP contribution in [0.5, 0.6) is 0 Å². The Labute approximate surface area is 233 Å². The van der Waals surface area contributed by atoms with Gasteiger partial charge in [-0.15, -0.1) is 0 Å². The Morgan fingerprint density at radius 1 is 1.18 bits per heavy atom. The van der Waals surface area contributed by atoms with Gasteiger partial charge in [-0.05, 0) is 55.2 Å². The molecule has 202 valence electrons. The molecule has 0 aliphatic carbocycles. The van der Waals surface area contributed by atoms with E-state index in [2.05, 4.69) is 30.3 Å². The molecule has 5 rings (SSSR count). The number of aromatic nitrogens is 4. The number of halogens is 1. The highest BCUT2D eigenvalue weighted by Gasteiger charge is 2.30. The number of fused-ring (bicyclic) bond motifs is 1. The molecule has 0 bridgehead atoms. The summed E-state index contributed by atoms with van der Waals surface area (Å²) in [6.07, 6.45) is 3.30. The van der Waals surface area contributed by atoms with E-state index in [0.29, 0.717) is 47.2 Å². The Morgan fingerprint density at radius 3 is 2.56 bits per heavy atom. The van der Waals surface area contributed by atoms with Gasteiger partial charge in [0.25, 0.3) is 0 Å². The molecule has 0 unspecified atom stereocenters. The van der Waals surface area contributed by atoms with Gasteiger partial charge in [-0.2, -0.15) is 4.98 Å². The fourth-order valence-corrected chi connectivity index (χ4v) is 5.74. The molecule has 3 aromatic heterocycles. The van der Waals surface area contributed by atoms with Gasteiger partial charge in [0.05, 0.1) is 21.8 Å². The molecule has 0 saturated carbocycles. The molecular weight excluding hydrogens is 512 g/mol. The fourth-order valence-electron chi connectivity index (χ4n) is 5.50. The highest BCUT2D eigenvalue weighted by Crippen LogP contribution is 2.36. The van der Waals surface area contributed by atoms with E-state index in [-0.39, 0.29) is 17.9 Å². The van der Waals surface area contributed by atoms with Crippen LogP contribution in [0.2, 0.25) is 5.02 Å². The second-order valence-electron chi connectivity index (χ2n) is 10.4. The minimum Gasteiger partial charge on any atom is -0.350 e. The number of aryl methyl sites for hydroxylation is 2. The molecular formula is C30H33ClN6O2. The smallest absolute Gasteiger partial charge is 0.350 e. The first-order valence-electron chi connectivity index (χ1n) is 13.1. The van der Waals surface area contributed by atoms with Crippen LogP contribution in [0.3, 0.4) is 0 Å². The predicted molar refractivity (Wildman–Crippen MR) is 157 cm³/mol. The van der Waals surface area contributed by atoms with Crippen molar-refractivity contribution in [2.24, 2.45) is 7.05 Å². The van der Waals surface area contributed by atoms with Gasteiger partial charge in [0.1, 0.15) is 11.5 Å². The van der Waals surface area contributed by atoms with Gasteiger partial charge in [-0.1, -0.05) is 50.2 Å². The number of nitrogens with zero attached hydrogens (tertiary/aromatic N) is 6. The zero-order valence-electron chi connectivity index (χ0n) is 23.0. The van der Waals surface area contributed by atoms with Crippen molar-refractivity contribution in [2.75, 3.05) is 24.5 Å². The summed E-state index contributed by atoms with van der Waals surface area (Å²) in [6, 6.07) is 11.7. The van der Waals surface area contributed by atoms with Gasteiger partial charge in [0, 0.05) is 38.9 Å². The van der Waals surface area contributed by atoms with E-state index in [1.54, 1.807) is 9.47 Å². The quantitative estimate of drug-likeness (QED) is 0.327. The Hall–Kier alpha value is -3.91. The molecule has 1 amide bonds. The minimum absolute atomic E-state index is 0.0786. The molecule has 39 heavy (non-hydrogen) atoms. The van der Waals surface area contributed by atoms with Gasteiger partial charge in [0.15, 0.2) is 5.65 Å². The summed E-state index contributed by atoms with van der Waals surface area (Å²) in [6.45, 7) is 13.4. The summed E-state index contributed by atoms with van der Waals surface area (Å²) in [5.41, 5.74) is 4.39. The number of anilines is 1. The third kappa shape index (κ3) is 4.63. The lowest BCUT2D eigenvalue weighted by Crippen LogP contribution is -2.54. The van der Waals surface area contributed by atoms with Crippen molar-refractivity contribution >= 4 is 34.4 Å². The average molecular weight is 545 g/mol. The number of carbonyl (C=O) groups excluding carboxylic acids is 1. The Kier molecular flexibility index (Phi) is 7.07. The third-order valence-corrected chi connectivity index (χ3v) is 7.77. The van der Waals surface area contributed by atoms with Crippen LogP contribution in [-0.4, -0.2) is 55.6 Å². The lowest BCUT2D eigenvalue weighted by Gasteiger charge is -2.40. The second-order valence-corrected chi connectivity index (χ2v) is 10.9. The molecule has 1 aliphatic heterocycles. The third-order valence-electron chi connectivity index (χ3n) is 7.49. The van der Waals surface area contributed by atoms with Crippen LogP contribution in [0, 0.1) is 6.92 Å². The van der Waals surface area contributed by atoms with Gasteiger partial charge >= 0.3 is 5.69 Å². The normalized spacial score (nSPS) is 15.8. The number of hydrogen-bond acceptors (Lipinski definition) is 5. The monoisotopic (exact) mass is 544 g/mol. The molecule has 0 radical (unpaired) electrons. The van der Waals surface area contributed by atoms with Gasteiger partial charge in [-0.25, -0.2) is 14.3 Å². The Morgan fingerprint density at radius 2 is 1.92 bits per heavy atom. The number of hydrogen-bond donors (Lipinski definition) is 0. The van der Waals surface area contributed by atoms with Crippen molar-refractivity contribution in [3.05, 3.63) is 81.9 Å². The van der Waals surface area contributed by atoms with Crippen LogP contribution in [0.4, 0.5) is 5.82 Å². The SMILES string of the molecule is C=CC(=O)N1CCN(c2nc(=O)n(-c3ccccc3C(C)C)c3nc(-c4c(C)ccn4C)c(Cl)cc23)[C@@H](C)C1. The summed E-state index contributed by atoms with van der Waals surface area (Å²) >= 11 is 6.92. The fraction of sp³-hybridized carbons (Fsp3) is 0.333. The summed E-state index contributed by atoms with van der Waals surface area (Å²) in [5, 5.41) is 1.16. The molecule has 1 atom stereocenters. The second kappa shape index (κ2) is 10.3. The molecule has 0 N–H and O–H groups in total. The highest BCUT2D eigenvalue weighted by molar-refractivity contribution is 6.33. The molecule has 8 nitrogen and oxygen atoms in total. The van der Waals surface area contributed by atoms with Crippen LogP contribution in [-0.2, 0) is 11.8 Å². The van der Waals surface area contributed by atoms with Crippen LogP contribution in [0.25, 0.3) is 28.1 Å². The van der Waals surface area contributed by atoms with Crippen molar-refractivity contribution in [3.8, 4) is 17.1 Å². The topological polar surface area (TPSA) is 76.3 Å². The maximum atomic E-state index is 13.9. The predicted octanol–water partition coefficient (Wildman–Crippen LogP) is 5.09. The molecule has 0 spiro atoms. The maximum absolute atomic E-state index is 13.9. The number of amides is 1. The number of pyridine rings is 1. The first-order valence-corrected chi connectivity index (χ1v) is 13.5. The van der Waals surface area contributed by atoms with Gasteiger partial charge in [0.2, 0.25) is 5.91 Å². The summed E-state index contributed by atoms with van der Waals surface area (Å²) in [5.74, 6) is 0.601. The molecule has 1 fully saturated rings. The number of rotatable bonds is 5. The Balaban J connectivity index is 1.79. The van der Waals surface area contributed by atoms with Crippen LogP contribution in [0.1, 0.15) is 37.8 Å². The van der Waals surface area contributed by atoms with E-state index in [1.165, 1.54) is 6.08 Å². The van der Waals surface area contributed by atoms with Crippen LogP contribution >= 0.6 is 11.6 Å². The lowest BCUT2D eigenvalue weighted by molar-refractivity contribution is -0.126. The zero-order chi connectivity index (χ0) is 28.0. The number of carbonyl (C=O) groups is 1. The maximum Gasteiger partial charge on any atom is 0.355 e. The zero-order valence-corrected chi connectivity index (χ0v) is 23.7. The average Bonchev–Trinajstić information content (AvgIpc) is 3.25.